The fraction of sp³-hybridized carbons (Fsp3) is 0.611. The van der Waals surface area contributed by atoms with Crippen molar-refractivity contribution in [3.63, 3.8) is 0 Å². The van der Waals surface area contributed by atoms with Gasteiger partial charge in [0.25, 0.3) is 5.69 Å². The molecule has 0 bridgehead atoms. The van der Waals surface area contributed by atoms with Crippen molar-refractivity contribution in [3.8, 4) is 0 Å². The van der Waals surface area contributed by atoms with Crippen LogP contribution in [0, 0.1) is 10.1 Å². The first-order valence-electron chi connectivity index (χ1n) is 9.01. The summed E-state index contributed by atoms with van der Waals surface area (Å²) in [4.78, 5) is 17.5. The van der Waals surface area contributed by atoms with E-state index in [1.165, 1.54) is 44.9 Å². The Labute approximate surface area is 143 Å². The van der Waals surface area contributed by atoms with Crippen LogP contribution < -0.4 is 5.32 Å². The first kappa shape index (κ1) is 16.7. The zero-order valence-electron chi connectivity index (χ0n) is 14.1. The van der Waals surface area contributed by atoms with Gasteiger partial charge in [0.05, 0.1) is 11.5 Å². The number of nitrogens with one attached hydrogen (secondary N) is 1. The largest absolute Gasteiger partial charge is 0.353 e. The molecule has 0 unspecified atom stereocenters. The Bertz CT molecular complexity index is 573. The molecule has 1 aromatic carbocycles. The lowest BCUT2D eigenvalue weighted by Gasteiger charge is -2.29. The van der Waals surface area contributed by atoms with Crippen LogP contribution in [-0.2, 0) is 6.54 Å². The highest BCUT2D eigenvalue weighted by atomic mass is 16.6. The summed E-state index contributed by atoms with van der Waals surface area (Å²) < 4.78 is 0. The second kappa shape index (κ2) is 8.13. The zero-order valence-corrected chi connectivity index (χ0v) is 14.1. The number of guanidine groups is 1. The lowest BCUT2D eigenvalue weighted by Crippen LogP contribution is -2.45. The summed E-state index contributed by atoms with van der Waals surface area (Å²) in [6.07, 6.45) is 8.85. The first-order valence-corrected chi connectivity index (χ1v) is 9.01. The predicted octanol–water partition coefficient (Wildman–Crippen LogP) is 3.47. The lowest BCUT2D eigenvalue weighted by molar-refractivity contribution is -0.384. The molecule has 1 N–H and O–H groups in total. The number of hydrogen-bond donors (Lipinski definition) is 1. The second-order valence-corrected chi connectivity index (χ2v) is 6.74. The molecule has 1 saturated heterocycles. The number of nitro groups is 1. The van der Waals surface area contributed by atoms with E-state index in [0.29, 0.717) is 12.6 Å². The van der Waals surface area contributed by atoms with E-state index >= 15 is 0 Å². The van der Waals surface area contributed by atoms with Crippen molar-refractivity contribution in [2.45, 2.75) is 57.5 Å². The molecule has 1 saturated carbocycles. The molecule has 24 heavy (non-hydrogen) atoms. The van der Waals surface area contributed by atoms with E-state index in [4.69, 9.17) is 4.99 Å². The van der Waals surface area contributed by atoms with Crippen molar-refractivity contribution >= 4 is 11.6 Å². The molecule has 3 rings (SSSR count). The fourth-order valence-corrected chi connectivity index (χ4v) is 3.48. The van der Waals surface area contributed by atoms with Gasteiger partial charge in [-0.1, -0.05) is 31.4 Å². The van der Waals surface area contributed by atoms with Gasteiger partial charge >= 0.3 is 0 Å². The van der Waals surface area contributed by atoms with Gasteiger partial charge in [0.2, 0.25) is 0 Å². The molecule has 0 atom stereocenters. The third-order valence-electron chi connectivity index (χ3n) is 4.90. The lowest BCUT2D eigenvalue weighted by atomic mass is 9.96. The molecule has 130 valence electrons. The van der Waals surface area contributed by atoms with E-state index in [9.17, 15) is 10.1 Å². The topological polar surface area (TPSA) is 70.8 Å². The molecule has 0 radical (unpaired) electrons. The van der Waals surface area contributed by atoms with Crippen molar-refractivity contribution in [2.75, 3.05) is 13.1 Å². The number of likely N-dealkylation sites (tertiary alicyclic amines) is 1. The van der Waals surface area contributed by atoms with Gasteiger partial charge in [0.1, 0.15) is 0 Å². The van der Waals surface area contributed by atoms with Crippen molar-refractivity contribution in [1.82, 2.24) is 10.2 Å². The van der Waals surface area contributed by atoms with Gasteiger partial charge in [-0.3, -0.25) is 10.1 Å². The number of benzene rings is 1. The van der Waals surface area contributed by atoms with Gasteiger partial charge in [0.15, 0.2) is 5.96 Å². The molecule has 6 nitrogen and oxygen atoms in total. The predicted molar refractivity (Wildman–Crippen MR) is 95.1 cm³/mol. The average Bonchev–Trinajstić information content (AvgIpc) is 3.14. The number of hydrogen-bond acceptors (Lipinski definition) is 3. The van der Waals surface area contributed by atoms with Crippen LogP contribution in [0.3, 0.4) is 0 Å². The fourth-order valence-electron chi connectivity index (χ4n) is 3.48. The maximum Gasteiger partial charge on any atom is 0.269 e. The average molecular weight is 330 g/mol. The van der Waals surface area contributed by atoms with Crippen molar-refractivity contribution in [2.24, 2.45) is 4.99 Å². The monoisotopic (exact) mass is 330 g/mol. The Balaban J connectivity index is 1.66. The maximum absolute atomic E-state index is 10.7. The minimum atomic E-state index is -0.368. The quantitative estimate of drug-likeness (QED) is 0.397. The van der Waals surface area contributed by atoms with Gasteiger partial charge < -0.3 is 10.2 Å². The van der Waals surface area contributed by atoms with Gasteiger partial charge in [-0.15, -0.1) is 0 Å². The summed E-state index contributed by atoms with van der Waals surface area (Å²) in [5, 5.41) is 14.4. The Hall–Kier alpha value is -2.11. The molecule has 0 spiro atoms. The molecular formula is C18H26N4O2. The zero-order chi connectivity index (χ0) is 16.8. The van der Waals surface area contributed by atoms with E-state index in [1.807, 2.05) is 0 Å². The molecule has 1 aliphatic heterocycles. The second-order valence-electron chi connectivity index (χ2n) is 6.74. The van der Waals surface area contributed by atoms with E-state index in [0.717, 1.165) is 24.6 Å². The number of aliphatic imine (C=N–C) groups is 1. The van der Waals surface area contributed by atoms with Crippen LogP contribution in [0.5, 0.6) is 0 Å². The smallest absolute Gasteiger partial charge is 0.269 e. The number of non-ortho nitro benzene ring substituents is 1. The van der Waals surface area contributed by atoms with Crippen LogP contribution in [0.25, 0.3) is 0 Å². The van der Waals surface area contributed by atoms with Gasteiger partial charge in [0, 0.05) is 31.3 Å². The Morgan fingerprint density at radius 3 is 2.42 bits per heavy atom. The van der Waals surface area contributed by atoms with Crippen molar-refractivity contribution in [1.29, 1.82) is 0 Å². The summed E-state index contributed by atoms with van der Waals surface area (Å²) in [7, 11) is 0. The summed E-state index contributed by atoms with van der Waals surface area (Å²) in [6.45, 7) is 2.70. The third-order valence-corrected chi connectivity index (χ3v) is 4.90. The molecule has 2 fully saturated rings. The van der Waals surface area contributed by atoms with E-state index in [2.05, 4.69) is 10.2 Å². The van der Waals surface area contributed by atoms with Crippen LogP contribution in [0.4, 0.5) is 5.69 Å². The first-order chi connectivity index (χ1) is 11.7. The van der Waals surface area contributed by atoms with E-state index in [1.54, 1.807) is 24.3 Å². The van der Waals surface area contributed by atoms with Crippen molar-refractivity contribution in [3.05, 3.63) is 39.9 Å². The SMILES string of the molecule is O=[N+]([O-])c1ccc(CN=C(NC2CCCCC2)N2CCCC2)cc1. The highest BCUT2D eigenvalue weighted by Crippen LogP contribution is 2.19. The minimum Gasteiger partial charge on any atom is -0.353 e. The molecule has 1 heterocycles. The highest BCUT2D eigenvalue weighted by Gasteiger charge is 2.20. The standard InChI is InChI=1S/C18H26N4O2/c23-22(24)17-10-8-15(9-11-17)14-19-18(21-12-4-5-13-21)20-16-6-2-1-3-7-16/h8-11,16H,1-7,12-14H2,(H,19,20). The molecule has 2 aliphatic rings. The van der Waals surface area contributed by atoms with E-state index in [-0.39, 0.29) is 10.6 Å². The number of rotatable bonds is 4. The van der Waals surface area contributed by atoms with E-state index < -0.39 is 0 Å². The van der Waals surface area contributed by atoms with Crippen LogP contribution in [0.2, 0.25) is 0 Å². The summed E-state index contributed by atoms with van der Waals surface area (Å²) in [5.41, 5.74) is 1.13. The van der Waals surface area contributed by atoms with Crippen molar-refractivity contribution < 1.29 is 4.92 Å². The van der Waals surface area contributed by atoms with Crippen LogP contribution in [0.1, 0.15) is 50.5 Å². The number of nitro benzene ring substituents is 1. The Morgan fingerprint density at radius 2 is 1.79 bits per heavy atom. The maximum atomic E-state index is 10.7. The molecule has 1 aromatic rings. The van der Waals surface area contributed by atoms with Gasteiger partial charge in [-0.2, -0.15) is 0 Å². The molecule has 6 heteroatoms. The molecule has 1 aliphatic carbocycles. The minimum absolute atomic E-state index is 0.128. The Kier molecular flexibility index (Phi) is 5.67. The molecule has 0 aromatic heterocycles. The van der Waals surface area contributed by atoms with Crippen LogP contribution in [-0.4, -0.2) is 34.9 Å². The summed E-state index contributed by atoms with van der Waals surface area (Å²) >= 11 is 0. The third kappa shape index (κ3) is 4.46. The van der Waals surface area contributed by atoms with Crippen LogP contribution >= 0.6 is 0 Å². The normalized spacial score (nSPS) is 19.5. The molecular weight excluding hydrogens is 304 g/mol. The highest BCUT2D eigenvalue weighted by molar-refractivity contribution is 5.80. The van der Waals surface area contributed by atoms with Gasteiger partial charge in [-0.05, 0) is 31.2 Å². The number of nitrogens with zero attached hydrogens (tertiary/aromatic N) is 3. The summed E-state index contributed by atoms with van der Waals surface area (Å²) in [6, 6.07) is 7.23. The molecule has 0 amide bonds. The Morgan fingerprint density at radius 1 is 1.12 bits per heavy atom. The van der Waals surface area contributed by atoms with Crippen LogP contribution in [0.15, 0.2) is 29.3 Å². The summed E-state index contributed by atoms with van der Waals surface area (Å²) in [5.74, 6) is 1.01. The van der Waals surface area contributed by atoms with Gasteiger partial charge in [-0.25, -0.2) is 4.99 Å².